The van der Waals surface area contributed by atoms with Gasteiger partial charge in [-0.05, 0) is 74.6 Å². The molecular formula is C22H26N2O4. The Morgan fingerprint density at radius 3 is 2.79 bits per heavy atom. The van der Waals surface area contributed by atoms with Gasteiger partial charge in [-0.15, -0.1) is 0 Å². The standard InChI is InChI=1S/C22H26N2O4/c1-4-27-20-11-8-16(12-21(20)26-3)14-23-28-15(2)22(25)24-19-10-9-17-6-5-7-18(17)13-19/h8-15H,4-7H2,1-3H3,(H,24,25)/b23-14+. The topological polar surface area (TPSA) is 69.2 Å². The van der Waals surface area contributed by atoms with E-state index in [-0.39, 0.29) is 5.91 Å². The molecule has 28 heavy (non-hydrogen) atoms. The van der Waals surface area contributed by atoms with Crippen LogP contribution in [0.25, 0.3) is 0 Å². The Labute approximate surface area is 165 Å². The molecule has 0 bridgehead atoms. The summed E-state index contributed by atoms with van der Waals surface area (Å²) in [7, 11) is 1.58. The van der Waals surface area contributed by atoms with Crippen LogP contribution in [-0.2, 0) is 22.5 Å². The van der Waals surface area contributed by atoms with Gasteiger partial charge in [0, 0.05) is 11.3 Å². The molecule has 6 nitrogen and oxygen atoms in total. The number of amides is 1. The largest absolute Gasteiger partial charge is 0.493 e. The smallest absolute Gasteiger partial charge is 0.267 e. The summed E-state index contributed by atoms with van der Waals surface area (Å²) >= 11 is 0. The van der Waals surface area contributed by atoms with Crippen LogP contribution in [0.15, 0.2) is 41.6 Å². The summed E-state index contributed by atoms with van der Waals surface area (Å²) in [5.74, 6) is 1.05. The number of ether oxygens (including phenoxy) is 2. The normalized spacial score (nSPS) is 13.8. The van der Waals surface area contributed by atoms with Crippen molar-refractivity contribution >= 4 is 17.8 Å². The highest BCUT2D eigenvalue weighted by Gasteiger charge is 2.16. The number of carbonyl (C=O) groups excluding carboxylic acids is 1. The van der Waals surface area contributed by atoms with E-state index in [9.17, 15) is 4.79 Å². The summed E-state index contributed by atoms with van der Waals surface area (Å²) in [6.45, 7) is 4.14. The molecule has 2 aromatic carbocycles. The number of anilines is 1. The van der Waals surface area contributed by atoms with Crippen LogP contribution in [0.5, 0.6) is 11.5 Å². The number of nitrogens with zero attached hydrogens (tertiary/aromatic N) is 1. The lowest BCUT2D eigenvalue weighted by atomic mass is 10.1. The molecular weight excluding hydrogens is 356 g/mol. The van der Waals surface area contributed by atoms with Crippen LogP contribution in [0.1, 0.15) is 37.0 Å². The van der Waals surface area contributed by atoms with Gasteiger partial charge in [0.15, 0.2) is 11.5 Å². The summed E-state index contributed by atoms with van der Waals surface area (Å²) in [6, 6.07) is 11.5. The van der Waals surface area contributed by atoms with Gasteiger partial charge in [-0.25, -0.2) is 0 Å². The Kier molecular flexibility index (Phi) is 6.53. The van der Waals surface area contributed by atoms with E-state index in [1.54, 1.807) is 20.1 Å². The first-order chi connectivity index (χ1) is 13.6. The quantitative estimate of drug-likeness (QED) is 0.554. The second-order valence-corrected chi connectivity index (χ2v) is 6.65. The SMILES string of the molecule is CCOc1ccc(/C=N/OC(C)C(=O)Nc2ccc3c(c2)CCC3)cc1OC. The number of nitrogens with one attached hydrogen (secondary N) is 1. The molecule has 0 spiro atoms. The van der Waals surface area contributed by atoms with Crippen LogP contribution in [-0.4, -0.2) is 31.9 Å². The lowest BCUT2D eigenvalue weighted by Gasteiger charge is -2.12. The minimum atomic E-state index is -0.714. The maximum Gasteiger partial charge on any atom is 0.267 e. The Balaban J connectivity index is 1.55. The van der Waals surface area contributed by atoms with Crippen LogP contribution < -0.4 is 14.8 Å². The zero-order valence-electron chi connectivity index (χ0n) is 16.5. The van der Waals surface area contributed by atoms with Gasteiger partial charge in [0.25, 0.3) is 5.91 Å². The summed E-state index contributed by atoms with van der Waals surface area (Å²) in [5.41, 5.74) is 4.26. The van der Waals surface area contributed by atoms with Gasteiger partial charge in [0.2, 0.25) is 6.10 Å². The van der Waals surface area contributed by atoms with Gasteiger partial charge in [-0.1, -0.05) is 11.2 Å². The zero-order valence-corrected chi connectivity index (χ0v) is 16.5. The molecule has 3 rings (SSSR count). The highest BCUT2D eigenvalue weighted by atomic mass is 16.6. The number of oxime groups is 1. The Morgan fingerprint density at radius 2 is 2.00 bits per heavy atom. The third kappa shape index (κ3) is 4.82. The minimum Gasteiger partial charge on any atom is -0.493 e. The van der Waals surface area contributed by atoms with E-state index in [4.69, 9.17) is 14.3 Å². The lowest BCUT2D eigenvalue weighted by molar-refractivity contribution is -0.126. The van der Waals surface area contributed by atoms with Crippen molar-refractivity contribution in [3.05, 3.63) is 53.1 Å². The number of fused-ring (bicyclic) bond motifs is 1. The van der Waals surface area contributed by atoms with Crippen molar-refractivity contribution < 1.29 is 19.1 Å². The first kappa shape index (κ1) is 19.7. The molecule has 0 fully saturated rings. The number of carbonyl (C=O) groups is 1. The second kappa shape index (κ2) is 9.26. The van der Waals surface area contributed by atoms with E-state index in [0.717, 1.165) is 24.1 Å². The second-order valence-electron chi connectivity index (χ2n) is 6.65. The molecule has 6 heteroatoms. The van der Waals surface area contributed by atoms with Crippen molar-refractivity contribution in [2.45, 2.75) is 39.2 Å². The Morgan fingerprint density at radius 1 is 1.18 bits per heavy atom. The third-order valence-electron chi connectivity index (χ3n) is 4.64. The molecule has 0 heterocycles. The van der Waals surface area contributed by atoms with E-state index in [1.807, 2.05) is 31.2 Å². The molecule has 1 unspecified atom stereocenters. The van der Waals surface area contributed by atoms with E-state index in [2.05, 4.69) is 16.5 Å². The van der Waals surface area contributed by atoms with Crippen LogP contribution in [0.4, 0.5) is 5.69 Å². The molecule has 1 amide bonds. The van der Waals surface area contributed by atoms with Crippen molar-refractivity contribution in [3.63, 3.8) is 0 Å². The predicted octanol–water partition coefficient (Wildman–Crippen LogP) is 3.96. The fourth-order valence-electron chi connectivity index (χ4n) is 3.16. The fraction of sp³-hybridized carbons (Fsp3) is 0.364. The monoisotopic (exact) mass is 382 g/mol. The molecule has 1 atom stereocenters. The van der Waals surface area contributed by atoms with E-state index in [1.165, 1.54) is 23.8 Å². The molecule has 0 aliphatic heterocycles. The first-order valence-corrected chi connectivity index (χ1v) is 9.53. The number of benzene rings is 2. The summed E-state index contributed by atoms with van der Waals surface area (Å²) in [4.78, 5) is 17.6. The molecule has 0 aromatic heterocycles. The number of hydrogen-bond acceptors (Lipinski definition) is 5. The number of hydrogen-bond donors (Lipinski definition) is 1. The van der Waals surface area contributed by atoms with Crippen LogP contribution in [0.2, 0.25) is 0 Å². The molecule has 1 N–H and O–H groups in total. The molecule has 0 saturated carbocycles. The minimum absolute atomic E-state index is 0.237. The molecule has 148 valence electrons. The molecule has 1 aliphatic rings. The molecule has 0 saturated heterocycles. The van der Waals surface area contributed by atoms with Crippen molar-refractivity contribution in [3.8, 4) is 11.5 Å². The summed E-state index contributed by atoms with van der Waals surface area (Å²) < 4.78 is 10.8. The van der Waals surface area contributed by atoms with Crippen molar-refractivity contribution in [2.75, 3.05) is 19.0 Å². The Bertz CT molecular complexity index is 864. The zero-order chi connectivity index (χ0) is 19.9. The third-order valence-corrected chi connectivity index (χ3v) is 4.64. The number of aryl methyl sites for hydroxylation is 2. The maximum atomic E-state index is 12.3. The van der Waals surface area contributed by atoms with Gasteiger partial charge >= 0.3 is 0 Å². The lowest BCUT2D eigenvalue weighted by Crippen LogP contribution is -2.26. The fourth-order valence-corrected chi connectivity index (χ4v) is 3.16. The Hall–Kier alpha value is -3.02. The summed E-state index contributed by atoms with van der Waals surface area (Å²) in [5, 5.41) is 6.82. The van der Waals surface area contributed by atoms with Gasteiger partial charge in [0.1, 0.15) is 0 Å². The van der Waals surface area contributed by atoms with Gasteiger partial charge in [-0.3, -0.25) is 4.79 Å². The van der Waals surface area contributed by atoms with Gasteiger partial charge < -0.3 is 19.6 Å². The van der Waals surface area contributed by atoms with E-state index in [0.29, 0.717) is 18.1 Å². The van der Waals surface area contributed by atoms with Crippen LogP contribution >= 0.6 is 0 Å². The van der Waals surface area contributed by atoms with Crippen LogP contribution in [0.3, 0.4) is 0 Å². The molecule has 2 aromatic rings. The number of rotatable bonds is 8. The van der Waals surface area contributed by atoms with Gasteiger partial charge in [0.05, 0.1) is 19.9 Å². The van der Waals surface area contributed by atoms with Crippen molar-refractivity contribution in [1.29, 1.82) is 0 Å². The first-order valence-electron chi connectivity index (χ1n) is 9.53. The predicted molar refractivity (Wildman–Crippen MR) is 109 cm³/mol. The van der Waals surface area contributed by atoms with Gasteiger partial charge in [-0.2, -0.15) is 0 Å². The highest BCUT2D eigenvalue weighted by Crippen LogP contribution is 2.27. The highest BCUT2D eigenvalue weighted by molar-refractivity contribution is 5.94. The maximum absolute atomic E-state index is 12.3. The average Bonchev–Trinajstić information content (AvgIpc) is 3.16. The average molecular weight is 382 g/mol. The molecule has 0 radical (unpaired) electrons. The van der Waals surface area contributed by atoms with E-state index < -0.39 is 6.10 Å². The number of methoxy groups -OCH3 is 1. The van der Waals surface area contributed by atoms with E-state index >= 15 is 0 Å². The molecule has 1 aliphatic carbocycles. The van der Waals surface area contributed by atoms with Crippen LogP contribution in [0, 0.1) is 0 Å². The van der Waals surface area contributed by atoms with Crippen molar-refractivity contribution in [1.82, 2.24) is 0 Å². The van der Waals surface area contributed by atoms with Crippen molar-refractivity contribution in [2.24, 2.45) is 5.16 Å². The summed E-state index contributed by atoms with van der Waals surface area (Å²) in [6.07, 6.45) is 4.19.